The minimum Gasteiger partial charge on any atom is -0.496 e. The van der Waals surface area contributed by atoms with Crippen LogP contribution in [0.4, 0.5) is 5.82 Å². The first-order chi connectivity index (χ1) is 12.3. The number of hydrogen-bond donors (Lipinski definition) is 1. The largest absolute Gasteiger partial charge is 0.496 e. The number of para-hydroxylation sites is 1. The van der Waals surface area contributed by atoms with Gasteiger partial charge in [0, 0.05) is 23.0 Å². The first-order valence-corrected chi connectivity index (χ1v) is 8.83. The van der Waals surface area contributed by atoms with Crippen LogP contribution < -0.4 is 10.1 Å². The van der Waals surface area contributed by atoms with Gasteiger partial charge < -0.3 is 10.1 Å². The predicted octanol–water partition coefficient (Wildman–Crippen LogP) is 4.98. The van der Waals surface area contributed by atoms with Crippen LogP contribution in [0.5, 0.6) is 5.75 Å². The highest BCUT2D eigenvalue weighted by atomic mass is 32.1. The molecule has 124 valence electrons. The van der Waals surface area contributed by atoms with Crippen molar-refractivity contribution >= 4 is 27.2 Å². The molecule has 4 nitrogen and oxygen atoms in total. The van der Waals surface area contributed by atoms with Gasteiger partial charge in [0.2, 0.25) is 0 Å². The Kier molecular flexibility index (Phi) is 4.31. The lowest BCUT2D eigenvalue weighted by atomic mass is 10.2. The second kappa shape index (κ2) is 6.91. The van der Waals surface area contributed by atoms with Gasteiger partial charge in [-0.25, -0.2) is 9.97 Å². The third-order valence-electron chi connectivity index (χ3n) is 3.95. The molecule has 2 aromatic heterocycles. The minimum atomic E-state index is 0.646. The van der Waals surface area contributed by atoms with E-state index >= 15 is 0 Å². The number of ether oxygens (including phenoxy) is 1. The lowest BCUT2D eigenvalue weighted by Gasteiger charge is -2.10. The molecular formula is C20H17N3OS. The average Bonchev–Trinajstić information content (AvgIpc) is 3.11. The highest BCUT2D eigenvalue weighted by molar-refractivity contribution is 7.22. The standard InChI is InChI=1S/C20H17N3OS/c1-24-16-8-4-2-7-15(16)13-22-19-10-11-21-20(23-19)18-12-14-6-3-5-9-17(14)25-18/h2-12H,13H2,1H3,(H,21,22,23). The van der Waals surface area contributed by atoms with Crippen molar-refractivity contribution in [1.82, 2.24) is 9.97 Å². The summed E-state index contributed by atoms with van der Waals surface area (Å²) in [6.45, 7) is 0.646. The van der Waals surface area contributed by atoms with Crippen LogP contribution in [0, 0.1) is 0 Å². The van der Waals surface area contributed by atoms with Gasteiger partial charge in [-0.3, -0.25) is 0 Å². The highest BCUT2D eigenvalue weighted by Crippen LogP contribution is 2.31. The molecule has 1 N–H and O–H groups in total. The summed E-state index contributed by atoms with van der Waals surface area (Å²) in [5.41, 5.74) is 1.09. The smallest absolute Gasteiger partial charge is 0.171 e. The highest BCUT2D eigenvalue weighted by Gasteiger charge is 2.08. The molecule has 0 bridgehead atoms. The van der Waals surface area contributed by atoms with E-state index in [0.717, 1.165) is 27.8 Å². The number of nitrogens with zero attached hydrogens (tertiary/aromatic N) is 2. The fourth-order valence-electron chi connectivity index (χ4n) is 2.70. The number of benzene rings is 2. The van der Waals surface area contributed by atoms with E-state index in [2.05, 4.69) is 39.6 Å². The molecule has 0 atom stereocenters. The summed E-state index contributed by atoms with van der Waals surface area (Å²) in [7, 11) is 1.68. The van der Waals surface area contributed by atoms with Crippen molar-refractivity contribution in [3.63, 3.8) is 0 Å². The van der Waals surface area contributed by atoms with Crippen molar-refractivity contribution in [2.24, 2.45) is 0 Å². The van der Waals surface area contributed by atoms with Gasteiger partial charge in [0.05, 0.1) is 12.0 Å². The molecule has 0 spiro atoms. The Balaban J connectivity index is 1.57. The number of aromatic nitrogens is 2. The molecule has 0 unspecified atom stereocenters. The molecule has 0 fully saturated rings. The summed E-state index contributed by atoms with van der Waals surface area (Å²) < 4.78 is 6.63. The number of hydrogen-bond acceptors (Lipinski definition) is 5. The maximum Gasteiger partial charge on any atom is 0.171 e. The van der Waals surface area contributed by atoms with Crippen molar-refractivity contribution in [2.75, 3.05) is 12.4 Å². The van der Waals surface area contributed by atoms with E-state index in [1.165, 1.54) is 10.1 Å². The number of anilines is 1. The Morgan fingerprint density at radius 2 is 1.88 bits per heavy atom. The zero-order valence-electron chi connectivity index (χ0n) is 13.8. The Morgan fingerprint density at radius 3 is 2.76 bits per heavy atom. The maximum absolute atomic E-state index is 5.39. The quantitative estimate of drug-likeness (QED) is 0.553. The van der Waals surface area contributed by atoms with E-state index in [1.54, 1.807) is 24.6 Å². The average molecular weight is 347 g/mol. The molecule has 0 aliphatic heterocycles. The van der Waals surface area contributed by atoms with Gasteiger partial charge in [-0.05, 0) is 29.7 Å². The zero-order valence-corrected chi connectivity index (χ0v) is 14.6. The molecule has 0 saturated carbocycles. The maximum atomic E-state index is 5.39. The van der Waals surface area contributed by atoms with E-state index < -0.39 is 0 Å². The number of thiophene rings is 1. The van der Waals surface area contributed by atoms with Gasteiger partial charge in [0.1, 0.15) is 11.6 Å². The van der Waals surface area contributed by atoms with E-state index in [-0.39, 0.29) is 0 Å². The molecule has 2 heterocycles. The van der Waals surface area contributed by atoms with Gasteiger partial charge in [0.15, 0.2) is 5.82 Å². The van der Waals surface area contributed by atoms with E-state index in [4.69, 9.17) is 4.74 Å². The van der Waals surface area contributed by atoms with Crippen LogP contribution in [0.25, 0.3) is 20.8 Å². The molecular weight excluding hydrogens is 330 g/mol. The van der Waals surface area contributed by atoms with Gasteiger partial charge in [-0.2, -0.15) is 0 Å². The molecule has 2 aromatic carbocycles. The van der Waals surface area contributed by atoms with Gasteiger partial charge >= 0.3 is 0 Å². The van der Waals surface area contributed by atoms with Crippen LogP contribution in [0.3, 0.4) is 0 Å². The summed E-state index contributed by atoms with van der Waals surface area (Å²) in [5.74, 6) is 2.41. The lowest BCUT2D eigenvalue weighted by molar-refractivity contribution is 0.410. The van der Waals surface area contributed by atoms with Gasteiger partial charge in [-0.1, -0.05) is 36.4 Å². The molecule has 0 amide bonds. The number of nitrogens with one attached hydrogen (secondary N) is 1. The number of methoxy groups -OCH3 is 1. The summed E-state index contributed by atoms with van der Waals surface area (Å²) in [4.78, 5) is 10.2. The van der Waals surface area contributed by atoms with Crippen LogP contribution in [0.1, 0.15) is 5.56 Å². The molecule has 4 rings (SSSR count). The monoisotopic (exact) mass is 347 g/mol. The Labute approximate surface area is 150 Å². The van der Waals surface area contributed by atoms with Crippen molar-refractivity contribution in [1.29, 1.82) is 0 Å². The number of fused-ring (bicyclic) bond motifs is 1. The minimum absolute atomic E-state index is 0.646. The summed E-state index contributed by atoms with van der Waals surface area (Å²) in [5, 5.41) is 4.57. The van der Waals surface area contributed by atoms with Crippen molar-refractivity contribution in [3.05, 3.63) is 72.4 Å². The van der Waals surface area contributed by atoms with Crippen LogP contribution in [-0.2, 0) is 6.54 Å². The molecule has 0 aliphatic carbocycles. The summed E-state index contributed by atoms with van der Waals surface area (Å²) in [6, 6.07) is 20.3. The molecule has 0 saturated heterocycles. The van der Waals surface area contributed by atoms with Crippen molar-refractivity contribution < 1.29 is 4.74 Å². The van der Waals surface area contributed by atoms with Crippen molar-refractivity contribution in [3.8, 4) is 16.5 Å². The van der Waals surface area contributed by atoms with Gasteiger partial charge in [0.25, 0.3) is 0 Å². The normalized spacial score (nSPS) is 10.8. The van der Waals surface area contributed by atoms with Crippen molar-refractivity contribution in [2.45, 2.75) is 6.54 Å². The SMILES string of the molecule is COc1ccccc1CNc1ccnc(-c2cc3ccccc3s2)n1. The Morgan fingerprint density at radius 1 is 1.04 bits per heavy atom. The number of rotatable bonds is 5. The molecule has 0 radical (unpaired) electrons. The van der Waals surface area contributed by atoms with E-state index in [9.17, 15) is 0 Å². The lowest BCUT2D eigenvalue weighted by Crippen LogP contribution is -2.03. The summed E-state index contributed by atoms with van der Waals surface area (Å²) in [6.07, 6.45) is 1.79. The predicted molar refractivity (Wildman–Crippen MR) is 103 cm³/mol. The molecule has 0 aliphatic rings. The zero-order chi connectivity index (χ0) is 17.1. The first-order valence-electron chi connectivity index (χ1n) is 8.01. The summed E-state index contributed by atoms with van der Waals surface area (Å²) >= 11 is 1.71. The van der Waals surface area contributed by atoms with Crippen LogP contribution in [-0.4, -0.2) is 17.1 Å². The topological polar surface area (TPSA) is 47.0 Å². The second-order valence-electron chi connectivity index (χ2n) is 5.58. The second-order valence-corrected chi connectivity index (χ2v) is 6.66. The Bertz CT molecular complexity index is 979. The van der Waals surface area contributed by atoms with Gasteiger partial charge in [-0.15, -0.1) is 11.3 Å². The molecule has 5 heteroatoms. The van der Waals surface area contributed by atoms with Crippen LogP contribution in [0.15, 0.2) is 66.9 Å². The molecule has 25 heavy (non-hydrogen) atoms. The third-order valence-corrected chi connectivity index (χ3v) is 5.07. The third kappa shape index (κ3) is 3.32. The van der Waals surface area contributed by atoms with Crippen LogP contribution >= 0.6 is 11.3 Å². The van der Waals surface area contributed by atoms with E-state index in [1.807, 2.05) is 36.4 Å². The fraction of sp³-hybridized carbons (Fsp3) is 0.100. The van der Waals surface area contributed by atoms with Crippen LogP contribution in [0.2, 0.25) is 0 Å². The van der Waals surface area contributed by atoms with E-state index in [0.29, 0.717) is 6.54 Å². The molecule has 4 aromatic rings. The fourth-order valence-corrected chi connectivity index (χ4v) is 3.71. The first kappa shape index (κ1) is 15.6. The Hall–Kier alpha value is -2.92.